The number of benzene rings is 2. The Bertz CT molecular complexity index is 715. The summed E-state index contributed by atoms with van der Waals surface area (Å²) in [6.45, 7) is 2.89. The zero-order chi connectivity index (χ0) is 16.4. The van der Waals surface area contributed by atoms with Crippen LogP contribution in [0.2, 0.25) is 10.0 Å². The Hall–Kier alpha value is -1.71. The summed E-state index contributed by atoms with van der Waals surface area (Å²) >= 11 is 12.1. The summed E-state index contributed by atoms with van der Waals surface area (Å²) in [4.78, 5) is 14.6. The monoisotopic (exact) mass is 349 g/mol. The van der Waals surface area contributed by atoms with E-state index in [1.54, 1.807) is 0 Å². The average molecular weight is 350 g/mol. The van der Waals surface area contributed by atoms with Crippen molar-refractivity contribution in [1.82, 2.24) is 0 Å². The Morgan fingerprint density at radius 1 is 1.17 bits per heavy atom. The molecule has 1 atom stereocenters. The third-order valence-electron chi connectivity index (χ3n) is 4.00. The van der Waals surface area contributed by atoms with Gasteiger partial charge in [0.15, 0.2) is 6.04 Å². The summed E-state index contributed by atoms with van der Waals surface area (Å²) in [5.41, 5.74) is 3.00. The predicted octanol–water partition coefficient (Wildman–Crippen LogP) is 4.66. The van der Waals surface area contributed by atoms with Crippen LogP contribution in [0.25, 0.3) is 0 Å². The van der Waals surface area contributed by atoms with Gasteiger partial charge in [0.1, 0.15) is 0 Å². The number of anilines is 1. The second-order valence-corrected chi connectivity index (χ2v) is 6.29. The number of hydrogen-bond donors (Lipinski definition) is 0. The molecule has 0 N–H and O–H groups in total. The van der Waals surface area contributed by atoms with Gasteiger partial charge in [-0.2, -0.15) is 0 Å². The van der Waals surface area contributed by atoms with E-state index in [0.29, 0.717) is 16.7 Å². The number of halogens is 2. The molecule has 0 saturated heterocycles. The van der Waals surface area contributed by atoms with E-state index in [1.165, 1.54) is 0 Å². The lowest BCUT2D eigenvalue weighted by molar-refractivity contribution is -0.145. The van der Waals surface area contributed by atoms with Gasteiger partial charge in [-0.15, -0.1) is 0 Å². The van der Waals surface area contributed by atoms with Crippen molar-refractivity contribution in [1.29, 1.82) is 0 Å². The SMILES string of the molecule is CCOC(=O)C1c2ccc(Cl)cc2CCN1c1ccc(Cl)cc1. The van der Waals surface area contributed by atoms with Gasteiger partial charge < -0.3 is 9.64 Å². The molecule has 2 aromatic rings. The molecular weight excluding hydrogens is 333 g/mol. The van der Waals surface area contributed by atoms with Gasteiger partial charge in [0.25, 0.3) is 0 Å². The van der Waals surface area contributed by atoms with Gasteiger partial charge in [-0.1, -0.05) is 29.3 Å². The molecule has 1 heterocycles. The molecule has 5 heteroatoms. The van der Waals surface area contributed by atoms with Crippen LogP contribution in [-0.4, -0.2) is 19.1 Å². The smallest absolute Gasteiger partial charge is 0.333 e. The molecule has 0 spiro atoms. The van der Waals surface area contributed by atoms with E-state index in [-0.39, 0.29) is 5.97 Å². The quantitative estimate of drug-likeness (QED) is 0.754. The standard InChI is InChI=1S/C18H17Cl2NO2/c1-2-23-18(22)17-16-8-5-14(20)11-12(16)9-10-21(17)15-6-3-13(19)4-7-15/h3-8,11,17H,2,9-10H2,1H3. The van der Waals surface area contributed by atoms with Crippen LogP contribution in [0.5, 0.6) is 0 Å². The number of rotatable bonds is 3. The summed E-state index contributed by atoms with van der Waals surface area (Å²) in [6.07, 6.45) is 0.828. The number of carbonyl (C=O) groups is 1. The molecule has 1 unspecified atom stereocenters. The Labute approximate surface area is 145 Å². The van der Waals surface area contributed by atoms with Crippen LogP contribution in [0.3, 0.4) is 0 Å². The molecule has 3 rings (SSSR count). The van der Waals surface area contributed by atoms with E-state index >= 15 is 0 Å². The summed E-state index contributed by atoms with van der Waals surface area (Å²) in [7, 11) is 0. The van der Waals surface area contributed by atoms with Crippen LogP contribution >= 0.6 is 23.2 Å². The maximum absolute atomic E-state index is 12.6. The summed E-state index contributed by atoms with van der Waals surface area (Å²) < 4.78 is 5.30. The van der Waals surface area contributed by atoms with Gasteiger partial charge in [0.05, 0.1) is 6.61 Å². The van der Waals surface area contributed by atoms with Crippen molar-refractivity contribution in [3.05, 3.63) is 63.6 Å². The summed E-state index contributed by atoms with van der Waals surface area (Å²) in [5.74, 6) is -0.245. The molecule has 0 aromatic heterocycles. The number of nitrogens with zero attached hydrogens (tertiary/aromatic N) is 1. The van der Waals surface area contributed by atoms with Crippen LogP contribution < -0.4 is 4.90 Å². The van der Waals surface area contributed by atoms with Crippen molar-refractivity contribution in [3.8, 4) is 0 Å². The van der Waals surface area contributed by atoms with Gasteiger partial charge >= 0.3 is 5.97 Å². The Kier molecular flexibility index (Phi) is 4.79. The highest BCUT2D eigenvalue weighted by Gasteiger charge is 2.34. The molecule has 23 heavy (non-hydrogen) atoms. The largest absolute Gasteiger partial charge is 0.464 e. The van der Waals surface area contributed by atoms with Gasteiger partial charge in [-0.3, -0.25) is 0 Å². The fourth-order valence-electron chi connectivity index (χ4n) is 2.98. The van der Waals surface area contributed by atoms with Crippen molar-refractivity contribution >= 4 is 34.9 Å². The molecule has 0 aliphatic carbocycles. The molecule has 0 radical (unpaired) electrons. The zero-order valence-electron chi connectivity index (χ0n) is 12.8. The first-order valence-electron chi connectivity index (χ1n) is 7.57. The fourth-order valence-corrected chi connectivity index (χ4v) is 3.30. The fraction of sp³-hybridized carbons (Fsp3) is 0.278. The minimum atomic E-state index is -0.461. The minimum Gasteiger partial charge on any atom is -0.464 e. The highest BCUT2D eigenvalue weighted by molar-refractivity contribution is 6.31. The van der Waals surface area contributed by atoms with Crippen LogP contribution in [-0.2, 0) is 16.0 Å². The number of esters is 1. The van der Waals surface area contributed by atoms with Crippen molar-refractivity contribution < 1.29 is 9.53 Å². The lowest BCUT2D eigenvalue weighted by atomic mass is 9.92. The highest BCUT2D eigenvalue weighted by atomic mass is 35.5. The molecule has 2 aromatic carbocycles. The lowest BCUT2D eigenvalue weighted by Gasteiger charge is -2.37. The number of carbonyl (C=O) groups excluding carboxylic acids is 1. The number of hydrogen-bond acceptors (Lipinski definition) is 3. The van der Waals surface area contributed by atoms with Crippen LogP contribution in [0.15, 0.2) is 42.5 Å². The van der Waals surface area contributed by atoms with Gasteiger partial charge in [-0.05, 0) is 60.9 Å². The Morgan fingerprint density at radius 2 is 1.87 bits per heavy atom. The third-order valence-corrected chi connectivity index (χ3v) is 4.49. The Morgan fingerprint density at radius 3 is 2.57 bits per heavy atom. The van der Waals surface area contributed by atoms with E-state index < -0.39 is 6.04 Å². The Balaban J connectivity index is 2.03. The zero-order valence-corrected chi connectivity index (χ0v) is 14.3. The van der Waals surface area contributed by atoms with Crippen LogP contribution in [0.4, 0.5) is 5.69 Å². The van der Waals surface area contributed by atoms with E-state index in [4.69, 9.17) is 27.9 Å². The van der Waals surface area contributed by atoms with Gasteiger partial charge in [0.2, 0.25) is 0 Å². The highest BCUT2D eigenvalue weighted by Crippen LogP contribution is 2.36. The molecular formula is C18H17Cl2NO2. The molecule has 0 bridgehead atoms. The molecule has 1 aliphatic heterocycles. The minimum absolute atomic E-state index is 0.245. The van der Waals surface area contributed by atoms with Gasteiger partial charge in [-0.25, -0.2) is 4.79 Å². The normalized spacial score (nSPS) is 16.8. The number of fused-ring (bicyclic) bond motifs is 1. The maximum atomic E-state index is 12.6. The molecule has 0 fully saturated rings. The lowest BCUT2D eigenvalue weighted by Crippen LogP contribution is -2.40. The van der Waals surface area contributed by atoms with E-state index in [0.717, 1.165) is 29.8 Å². The van der Waals surface area contributed by atoms with E-state index in [9.17, 15) is 4.79 Å². The molecule has 1 aliphatic rings. The van der Waals surface area contributed by atoms with E-state index in [1.807, 2.05) is 49.4 Å². The molecule has 0 saturated carbocycles. The van der Waals surface area contributed by atoms with Crippen molar-refractivity contribution in [3.63, 3.8) is 0 Å². The van der Waals surface area contributed by atoms with Crippen LogP contribution in [0.1, 0.15) is 24.1 Å². The average Bonchev–Trinajstić information content (AvgIpc) is 2.54. The van der Waals surface area contributed by atoms with Gasteiger partial charge in [0, 0.05) is 22.3 Å². The second-order valence-electron chi connectivity index (χ2n) is 5.42. The molecule has 0 amide bonds. The first kappa shape index (κ1) is 16.2. The maximum Gasteiger partial charge on any atom is 0.333 e. The van der Waals surface area contributed by atoms with Crippen molar-refractivity contribution in [2.75, 3.05) is 18.1 Å². The predicted molar refractivity (Wildman–Crippen MR) is 93.3 cm³/mol. The topological polar surface area (TPSA) is 29.5 Å². The van der Waals surface area contributed by atoms with Crippen LogP contribution in [0, 0.1) is 0 Å². The first-order chi connectivity index (χ1) is 11.1. The molecule has 3 nitrogen and oxygen atoms in total. The van der Waals surface area contributed by atoms with Crippen molar-refractivity contribution in [2.45, 2.75) is 19.4 Å². The third kappa shape index (κ3) is 3.31. The first-order valence-corrected chi connectivity index (χ1v) is 8.33. The van der Waals surface area contributed by atoms with E-state index in [2.05, 4.69) is 4.90 Å². The summed E-state index contributed by atoms with van der Waals surface area (Å²) in [6, 6.07) is 12.7. The molecule has 120 valence electrons. The van der Waals surface area contributed by atoms with Crippen molar-refractivity contribution in [2.24, 2.45) is 0 Å². The number of ether oxygens (including phenoxy) is 1. The summed E-state index contributed by atoms with van der Waals surface area (Å²) in [5, 5.41) is 1.36. The second kappa shape index (κ2) is 6.81.